The largest absolute Gasteiger partial charge is 0.496 e. The molecule has 7 heteroatoms. The number of nitrogens with zero attached hydrogens (tertiary/aromatic N) is 1. The highest BCUT2D eigenvalue weighted by Crippen LogP contribution is 2.32. The molecule has 86 valence electrons. The summed E-state index contributed by atoms with van der Waals surface area (Å²) in [6.07, 6.45) is -0.416. The molecule has 0 aromatic heterocycles. The molecule has 0 aliphatic heterocycles. The maximum atomic E-state index is 10.8. The van der Waals surface area contributed by atoms with Gasteiger partial charge >= 0.3 is 5.97 Å². The third kappa shape index (κ3) is 2.69. The number of methoxy groups -OCH3 is 1. The molecule has 0 aliphatic carbocycles. The third-order valence-corrected chi connectivity index (χ3v) is 2.61. The van der Waals surface area contributed by atoms with Crippen molar-refractivity contribution in [3.05, 3.63) is 32.3 Å². The Morgan fingerprint density at radius 2 is 2.25 bits per heavy atom. The van der Waals surface area contributed by atoms with Gasteiger partial charge in [0.2, 0.25) is 0 Å². The fourth-order valence-electron chi connectivity index (χ4n) is 1.20. The van der Waals surface area contributed by atoms with E-state index in [0.717, 1.165) is 0 Å². The Balaban J connectivity index is 3.33. The Morgan fingerprint density at radius 3 is 2.69 bits per heavy atom. The van der Waals surface area contributed by atoms with Crippen molar-refractivity contribution in [2.75, 3.05) is 7.11 Å². The topological polar surface area (TPSA) is 89.7 Å². The first-order valence-corrected chi connectivity index (χ1v) is 4.97. The molecule has 6 nitrogen and oxygen atoms in total. The molecule has 0 atom stereocenters. The molecule has 0 saturated heterocycles. The fourth-order valence-corrected chi connectivity index (χ4v) is 1.77. The van der Waals surface area contributed by atoms with Gasteiger partial charge in [-0.15, -0.1) is 0 Å². The fraction of sp³-hybridized carbons (Fsp3) is 0.222. The van der Waals surface area contributed by atoms with Gasteiger partial charge in [-0.2, -0.15) is 0 Å². The van der Waals surface area contributed by atoms with Crippen molar-refractivity contribution >= 4 is 27.6 Å². The highest BCUT2D eigenvalue weighted by atomic mass is 79.9. The Kier molecular flexibility index (Phi) is 3.83. The van der Waals surface area contributed by atoms with E-state index < -0.39 is 17.3 Å². The number of nitro benzene ring substituents is 1. The number of ether oxygens (including phenoxy) is 1. The number of carbonyl (C=O) groups is 1. The molecule has 1 N–H and O–H groups in total. The normalized spacial score (nSPS) is 9.88. The molecule has 0 unspecified atom stereocenters. The van der Waals surface area contributed by atoms with Crippen LogP contribution in [0.2, 0.25) is 0 Å². The van der Waals surface area contributed by atoms with Crippen LogP contribution in [0.15, 0.2) is 16.6 Å². The molecule has 0 aliphatic rings. The van der Waals surface area contributed by atoms with Gasteiger partial charge in [0.05, 0.1) is 30.1 Å². The van der Waals surface area contributed by atoms with Crippen molar-refractivity contribution in [2.45, 2.75) is 6.42 Å². The predicted octanol–water partition coefficient (Wildman–Crippen LogP) is 1.99. The molecule has 0 radical (unpaired) electrons. The minimum Gasteiger partial charge on any atom is -0.496 e. The van der Waals surface area contributed by atoms with Crippen molar-refractivity contribution in [1.82, 2.24) is 0 Å². The van der Waals surface area contributed by atoms with Gasteiger partial charge in [-0.1, -0.05) is 15.9 Å². The van der Waals surface area contributed by atoms with E-state index in [1.807, 2.05) is 0 Å². The van der Waals surface area contributed by atoms with Gasteiger partial charge in [-0.05, 0) is 6.07 Å². The summed E-state index contributed by atoms with van der Waals surface area (Å²) in [5.41, 5.74) is -0.146. The lowest BCUT2D eigenvalue weighted by Crippen LogP contribution is -2.05. The number of benzene rings is 1. The van der Waals surface area contributed by atoms with Crippen molar-refractivity contribution < 1.29 is 19.6 Å². The van der Waals surface area contributed by atoms with Crippen LogP contribution in [0.25, 0.3) is 0 Å². The van der Waals surface area contributed by atoms with Crippen molar-refractivity contribution in [1.29, 1.82) is 0 Å². The second kappa shape index (κ2) is 4.93. The number of halogens is 1. The second-order valence-corrected chi connectivity index (χ2v) is 3.79. The molecule has 16 heavy (non-hydrogen) atoms. The Morgan fingerprint density at radius 1 is 1.62 bits per heavy atom. The molecule has 1 aromatic carbocycles. The minimum absolute atomic E-state index is 0.123. The van der Waals surface area contributed by atoms with Crippen LogP contribution in [-0.4, -0.2) is 23.1 Å². The van der Waals surface area contributed by atoms with Crippen LogP contribution in [0.4, 0.5) is 5.69 Å². The van der Waals surface area contributed by atoms with Crippen LogP contribution in [0.3, 0.4) is 0 Å². The monoisotopic (exact) mass is 289 g/mol. The highest BCUT2D eigenvalue weighted by Gasteiger charge is 2.21. The van der Waals surface area contributed by atoms with Crippen LogP contribution >= 0.6 is 15.9 Å². The first kappa shape index (κ1) is 12.4. The Labute approximate surface area is 99.1 Å². The summed E-state index contributed by atoms with van der Waals surface area (Å²) in [5.74, 6) is -0.832. The Hall–Kier alpha value is -1.63. The zero-order valence-electron chi connectivity index (χ0n) is 8.27. The maximum Gasteiger partial charge on any atom is 0.308 e. The zero-order valence-corrected chi connectivity index (χ0v) is 9.85. The number of carboxylic acids is 1. The van der Waals surface area contributed by atoms with Gasteiger partial charge in [0, 0.05) is 4.47 Å². The lowest BCUT2D eigenvalue weighted by Gasteiger charge is -2.06. The summed E-state index contributed by atoms with van der Waals surface area (Å²) >= 11 is 3.09. The zero-order chi connectivity index (χ0) is 12.3. The lowest BCUT2D eigenvalue weighted by molar-refractivity contribution is -0.385. The van der Waals surface area contributed by atoms with Gasteiger partial charge in [0.25, 0.3) is 5.69 Å². The maximum absolute atomic E-state index is 10.8. The summed E-state index contributed by atoms with van der Waals surface area (Å²) in [5, 5.41) is 19.4. The minimum atomic E-state index is -1.13. The highest BCUT2D eigenvalue weighted by molar-refractivity contribution is 9.10. The first-order valence-electron chi connectivity index (χ1n) is 4.18. The molecule has 0 spiro atoms. The van der Waals surface area contributed by atoms with E-state index in [1.54, 1.807) is 0 Å². The van der Waals surface area contributed by atoms with Crippen LogP contribution in [0.5, 0.6) is 5.75 Å². The molecule has 1 aromatic rings. The first-order chi connectivity index (χ1) is 7.45. The second-order valence-electron chi connectivity index (χ2n) is 2.93. The molecular formula is C9H8BrNO5. The van der Waals surface area contributed by atoms with Gasteiger partial charge < -0.3 is 9.84 Å². The number of rotatable bonds is 4. The standard InChI is InChI=1S/C9H8BrNO5/c1-16-5-2-7(10)6(4-9(12)13)8(3-5)11(14)15/h2-3H,4H2,1H3,(H,12,13). The van der Waals surface area contributed by atoms with Crippen LogP contribution < -0.4 is 4.74 Å². The van der Waals surface area contributed by atoms with Crippen molar-refractivity contribution in [2.24, 2.45) is 0 Å². The molecule has 0 saturated carbocycles. The molecule has 0 heterocycles. The third-order valence-electron chi connectivity index (χ3n) is 1.91. The van der Waals surface area contributed by atoms with E-state index >= 15 is 0 Å². The number of hydrogen-bond acceptors (Lipinski definition) is 4. The van der Waals surface area contributed by atoms with E-state index in [4.69, 9.17) is 9.84 Å². The summed E-state index contributed by atoms with van der Waals surface area (Å²) in [6.45, 7) is 0. The summed E-state index contributed by atoms with van der Waals surface area (Å²) < 4.78 is 5.21. The molecule has 1 rings (SSSR count). The van der Waals surface area contributed by atoms with Crippen LogP contribution in [-0.2, 0) is 11.2 Å². The number of aliphatic carboxylic acids is 1. The van der Waals surface area contributed by atoms with Crippen molar-refractivity contribution in [3.63, 3.8) is 0 Å². The van der Waals surface area contributed by atoms with Crippen molar-refractivity contribution in [3.8, 4) is 5.75 Å². The summed E-state index contributed by atoms with van der Waals surface area (Å²) in [7, 11) is 1.38. The number of hydrogen-bond donors (Lipinski definition) is 1. The van der Waals surface area contributed by atoms with E-state index in [0.29, 0.717) is 10.2 Å². The quantitative estimate of drug-likeness (QED) is 0.676. The molecular weight excluding hydrogens is 282 g/mol. The molecule has 0 fully saturated rings. The SMILES string of the molecule is COc1cc(Br)c(CC(=O)O)c([N+](=O)[O-])c1. The van der Waals surface area contributed by atoms with Gasteiger partial charge in [0.1, 0.15) is 5.75 Å². The number of nitro groups is 1. The Bertz CT molecular complexity index is 446. The van der Waals surface area contributed by atoms with E-state index in [-0.39, 0.29) is 11.3 Å². The average Bonchev–Trinajstić information content (AvgIpc) is 2.19. The smallest absolute Gasteiger partial charge is 0.308 e. The van der Waals surface area contributed by atoms with Gasteiger partial charge in [-0.3, -0.25) is 14.9 Å². The van der Waals surface area contributed by atoms with E-state index in [9.17, 15) is 14.9 Å². The van der Waals surface area contributed by atoms with Crippen LogP contribution in [0, 0.1) is 10.1 Å². The molecule has 0 amide bonds. The van der Waals surface area contributed by atoms with E-state index in [2.05, 4.69) is 15.9 Å². The van der Waals surface area contributed by atoms with E-state index in [1.165, 1.54) is 19.2 Å². The number of carboxylic acid groups (broad SMARTS) is 1. The van der Waals surface area contributed by atoms with Crippen LogP contribution in [0.1, 0.15) is 5.56 Å². The van der Waals surface area contributed by atoms with Gasteiger partial charge in [0.15, 0.2) is 0 Å². The lowest BCUT2D eigenvalue weighted by atomic mass is 10.1. The summed E-state index contributed by atoms with van der Waals surface area (Å²) in [6, 6.07) is 2.69. The predicted molar refractivity (Wildman–Crippen MR) is 58.7 cm³/mol. The summed E-state index contributed by atoms with van der Waals surface area (Å²) in [4.78, 5) is 20.7. The van der Waals surface area contributed by atoms with Gasteiger partial charge in [-0.25, -0.2) is 0 Å². The average molecular weight is 290 g/mol. The molecule has 0 bridgehead atoms.